The molecule has 0 amide bonds. The molecule has 0 aromatic carbocycles. The van der Waals surface area contributed by atoms with E-state index < -0.39 is 0 Å². The van der Waals surface area contributed by atoms with E-state index >= 15 is 0 Å². The summed E-state index contributed by atoms with van der Waals surface area (Å²) in [4.78, 5) is 0. The van der Waals surface area contributed by atoms with Crippen LogP contribution in [0.3, 0.4) is 0 Å². The van der Waals surface area contributed by atoms with Crippen LogP contribution in [0.4, 0.5) is 0 Å². The second-order valence-electron chi connectivity index (χ2n) is 1.19. The van der Waals surface area contributed by atoms with E-state index in [1.54, 1.807) is 0 Å². The predicted octanol–water partition coefficient (Wildman–Crippen LogP) is 0.540. The van der Waals surface area contributed by atoms with Gasteiger partial charge in [-0.3, -0.25) is 0 Å². The van der Waals surface area contributed by atoms with Crippen LogP contribution < -0.4 is 0 Å². The van der Waals surface area contributed by atoms with Gasteiger partial charge in [-0.25, -0.2) is 0 Å². The van der Waals surface area contributed by atoms with Gasteiger partial charge in [-0.05, 0) is 0 Å². The number of rotatable bonds is 0. The Morgan fingerprint density at radius 2 is 1.71 bits per heavy atom. The van der Waals surface area contributed by atoms with E-state index in [-0.39, 0.29) is 18.6 Å². The summed E-state index contributed by atoms with van der Waals surface area (Å²) >= 11 is 0. The molecule has 1 saturated heterocycles. The van der Waals surface area contributed by atoms with Crippen molar-refractivity contribution in [2.75, 3.05) is 13.2 Å². The first-order chi connectivity index (χ1) is 2.89. The van der Waals surface area contributed by atoms with Gasteiger partial charge >= 0.3 is 18.6 Å². The zero-order valence-corrected chi connectivity index (χ0v) is 5.57. The molecule has 3 heteroatoms. The predicted molar refractivity (Wildman–Crippen MR) is 20.8 cm³/mol. The summed E-state index contributed by atoms with van der Waals surface area (Å²) in [6.07, 6.45) is 0.704. The fourth-order valence-electron chi connectivity index (χ4n) is 0.412. The molecule has 0 unspecified atom stereocenters. The van der Waals surface area contributed by atoms with Crippen molar-refractivity contribution in [1.29, 1.82) is 0 Å². The first kappa shape index (κ1) is 7.50. The van der Waals surface area contributed by atoms with Crippen LogP contribution in [0.25, 0.3) is 0 Å². The van der Waals surface area contributed by atoms with Crippen molar-refractivity contribution in [3.8, 4) is 0 Å². The van der Waals surface area contributed by atoms with Gasteiger partial charge in [0.15, 0.2) is 0 Å². The maximum atomic E-state index is 4.85. The summed E-state index contributed by atoms with van der Waals surface area (Å²) in [6, 6.07) is 0. The van der Waals surface area contributed by atoms with Crippen molar-refractivity contribution in [2.24, 2.45) is 0 Å². The summed E-state index contributed by atoms with van der Waals surface area (Å²) in [7, 11) is 0. The minimum atomic E-state index is 0. The zero-order valence-electron chi connectivity index (χ0n) is 4.18. The van der Waals surface area contributed by atoms with E-state index in [0.29, 0.717) is 6.29 Å². The van der Waals surface area contributed by atoms with Gasteiger partial charge in [-0.15, -0.1) is 6.92 Å². The van der Waals surface area contributed by atoms with Crippen molar-refractivity contribution in [3.63, 3.8) is 0 Å². The Morgan fingerprint density at radius 3 is 1.86 bits per heavy atom. The largest absolute Gasteiger partial charge is 2.00 e. The maximum absolute atomic E-state index is 4.85. The molecule has 1 aliphatic rings. The van der Waals surface area contributed by atoms with Crippen LogP contribution in [0.15, 0.2) is 0 Å². The Hall–Kier alpha value is 0.504. The molecular formula is C4H7O2V+. The second kappa shape index (κ2) is 3.50. The maximum Gasteiger partial charge on any atom is 2.00 e. The minimum Gasteiger partial charge on any atom is -0.520 e. The topological polar surface area (TPSA) is 18.5 Å². The Kier molecular flexibility index (Phi) is 3.75. The van der Waals surface area contributed by atoms with Gasteiger partial charge in [0, 0.05) is 13.2 Å². The summed E-state index contributed by atoms with van der Waals surface area (Å²) in [5.41, 5.74) is 0. The average molecular weight is 138 g/mol. The van der Waals surface area contributed by atoms with Gasteiger partial charge in [0.2, 0.25) is 0 Å². The quantitative estimate of drug-likeness (QED) is 0.455. The summed E-state index contributed by atoms with van der Waals surface area (Å²) in [6.45, 7) is 3.27. The van der Waals surface area contributed by atoms with Gasteiger partial charge in [0.25, 0.3) is 0 Å². The molecule has 0 atom stereocenters. The van der Waals surface area contributed by atoms with Crippen LogP contribution in [-0.4, -0.2) is 13.2 Å². The number of hydrogen-bond donors (Lipinski definition) is 0. The molecule has 7 heavy (non-hydrogen) atoms. The summed E-state index contributed by atoms with van der Waals surface area (Å²) in [5, 5.41) is 0. The van der Waals surface area contributed by atoms with E-state index in [1.807, 2.05) is 6.92 Å². The van der Waals surface area contributed by atoms with E-state index in [0.717, 1.165) is 13.2 Å². The molecule has 0 aromatic rings. The molecule has 0 N–H and O–H groups in total. The fourth-order valence-corrected chi connectivity index (χ4v) is 0.412. The van der Waals surface area contributed by atoms with Crippen LogP contribution in [0, 0.1) is 6.29 Å². The Bertz CT molecular complexity index is 43.0. The van der Waals surface area contributed by atoms with Crippen molar-refractivity contribution in [1.82, 2.24) is 0 Å². The monoisotopic (exact) mass is 138 g/mol. The van der Waals surface area contributed by atoms with Crippen LogP contribution in [0.2, 0.25) is 0 Å². The molecule has 0 aliphatic carbocycles. The molecule has 0 aromatic heterocycles. The first-order valence-corrected chi connectivity index (χ1v) is 1.99. The minimum absolute atomic E-state index is 0. The molecule has 1 aliphatic heterocycles. The number of hydrogen-bond acceptors (Lipinski definition) is 2. The van der Waals surface area contributed by atoms with Gasteiger partial charge in [0.1, 0.15) is 0 Å². The van der Waals surface area contributed by atoms with E-state index in [1.165, 1.54) is 0 Å². The van der Waals surface area contributed by atoms with Crippen LogP contribution in [-0.2, 0) is 28.0 Å². The smallest absolute Gasteiger partial charge is 0.520 e. The van der Waals surface area contributed by atoms with Crippen molar-refractivity contribution in [3.05, 3.63) is 6.29 Å². The molecular weight excluding hydrogens is 131 g/mol. The van der Waals surface area contributed by atoms with Crippen molar-refractivity contribution < 1.29 is 28.0 Å². The fraction of sp³-hybridized carbons (Fsp3) is 0.750. The van der Waals surface area contributed by atoms with Crippen LogP contribution in [0.1, 0.15) is 6.92 Å². The van der Waals surface area contributed by atoms with Gasteiger partial charge in [0.05, 0.1) is 0 Å². The average Bonchev–Trinajstić information content (AvgIpc) is 1.86. The van der Waals surface area contributed by atoms with Gasteiger partial charge < -0.3 is 9.47 Å². The Morgan fingerprint density at radius 1 is 1.29 bits per heavy atom. The van der Waals surface area contributed by atoms with E-state index in [9.17, 15) is 0 Å². The molecule has 1 heterocycles. The third-order valence-corrected chi connectivity index (χ3v) is 0.694. The summed E-state index contributed by atoms with van der Waals surface area (Å²) < 4.78 is 9.69. The SMILES string of the molecule is C[C-]1OCCO1.[V+2]. The summed E-state index contributed by atoms with van der Waals surface area (Å²) in [5.74, 6) is 0. The third-order valence-electron chi connectivity index (χ3n) is 0.694. The van der Waals surface area contributed by atoms with E-state index in [2.05, 4.69) is 0 Å². The second-order valence-corrected chi connectivity index (χ2v) is 1.19. The third kappa shape index (κ3) is 2.34. The molecule has 0 saturated carbocycles. The van der Waals surface area contributed by atoms with Gasteiger partial charge in [-0.2, -0.15) is 0 Å². The van der Waals surface area contributed by atoms with Crippen molar-refractivity contribution in [2.45, 2.75) is 6.92 Å². The standard InChI is InChI=1S/C4H7O2.V/c1-4-5-2-3-6-4;/h2-3H2,1H3;/q-1;+2. The molecule has 1 fully saturated rings. The molecule has 1 rings (SSSR count). The Labute approximate surface area is 55.1 Å². The van der Waals surface area contributed by atoms with E-state index in [4.69, 9.17) is 9.47 Å². The van der Waals surface area contributed by atoms with Crippen LogP contribution >= 0.6 is 0 Å². The Balaban J connectivity index is 0.000000360. The molecule has 0 spiro atoms. The molecule has 2 nitrogen and oxygen atoms in total. The number of ether oxygens (including phenoxy) is 2. The first-order valence-electron chi connectivity index (χ1n) is 1.99. The molecule has 1 radical (unpaired) electrons. The van der Waals surface area contributed by atoms with Crippen molar-refractivity contribution >= 4 is 0 Å². The molecule has 0 bridgehead atoms. The molecule has 39 valence electrons. The van der Waals surface area contributed by atoms with Gasteiger partial charge in [-0.1, -0.05) is 6.29 Å². The zero-order chi connectivity index (χ0) is 4.41. The van der Waals surface area contributed by atoms with Crippen LogP contribution in [0.5, 0.6) is 0 Å². The normalized spacial score (nSPS) is 21.9.